The van der Waals surface area contributed by atoms with Crippen LogP contribution in [0.25, 0.3) is 5.69 Å². The van der Waals surface area contributed by atoms with E-state index in [2.05, 4.69) is 15.5 Å². The Morgan fingerprint density at radius 3 is 2.75 bits per heavy atom. The fourth-order valence-electron chi connectivity index (χ4n) is 3.99. The van der Waals surface area contributed by atoms with Crippen molar-refractivity contribution >= 4 is 41.7 Å². The number of carbonyl (C=O) groups is 2. The summed E-state index contributed by atoms with van der Waals surface area (Å²) in [6.07, 6.45) is 2.21. The van der Waals surface area contributed by atoms with Gasteiger partial charge in [0.2, 0.25) is 12.2 Å². The third-order valence-corrected chi connectivity index (χ3v) is 5.70. The summed E-state index contributed by atoms with van der Waals surface area (Å²) < 4.78 is 3.85. The molecule has 4 N–H and O–H groups in total. The quantitative estimate of drug-likeness (QED) is 0.323. The number of aromatic nitrogens is 3. The van der Waals surface area contributed by atoms with Gasteiger partial charge in [0, 0.05) is 17.3 Å². The van der Waals surface area contributed by atoms with E-state index in [0.29, 0.717) is 10.5 Å². The zero-order valence-corrected chi connectivity index (χ0v) is 18.0. The normalized spacial score (nSPS) is 16.7. The highest BCUT2D eigenvalue weighted by Crippen LogP contribution is 2.37. The van der Waals surface area contributed by atoms with E-state index in [4.69, 9.17) is 12.2 Å². The first-order valence-electron chi connectivity index (χ1n) is 9.99. The second-order valence-corrected chi connectivity index (χ2v) is 7.98. The maximum atomic E-state index is 12.8. The summed E-state index contributed by atoms with van der Waals surface area (Å²) in [5.41, 5.74) is 2.86. The number of aliphatic carboxylic acids is 1. The predicted octanol–water partition coefficient (Wildman–Crippen LogP) is 2.46. The summed E-state index contributed by atoms with van der Waals surface area (Å²) in [7, 11) is 0. The molecule has 3 atom stereocenters. The number of aromatic amines is 1. The van der Waals surface area contributed by atoms with E-state index in [0.717, 1.165) is 16.9 Å². The van der Waals surface area contributed by atoms with Crippen molar-refractivity contribution < 1.29 is 24.4 Å². The molecule has 1 aromatic heterocycles. The molecule has 0 fully saturated rings. The topological polar surface area (TPSA) is 123 Å². The van der Waals surface area contributed by atoms with E-state index in [9.17, 15) is 19.8 Å². The molecule has 2 heterocycles. The smallest absolute Gasteiger partial charge is 0.310 e. The Labute approximate surface area is 188 Å². The number of aliphatic hydroxyl groups excluding tert-OH is 1. The lowest BCUT2D eigenvalue weighted by Gasteiger charge is -2.18. The largest absolute Gasteiger partial charge is 0.481 e. The van der Waals surface area contributed by atoms with Crippen molar-refractivity contribution in [2.75, 3.05) is 11.9 Å². The molecule has 1 amide bonds. The standard InChI is InChI=1S/C22H21N5O4S/c1-13(28)20(21(30)31)17-10-26(18-8-3-2-7-16(17)18)11-19(29)24-14-5-4-6-15(9-14)27-12-23-25-22(27)32/h2-10,12-13,17,20,28H,11H2,1H3,(H2-,24,25,29,30,31,32)/p+1. The van der Waals surface area contributed by atoms with Crippen LogP contribution in [0.4, 0.5) is 11.4 Å². The van der Waals surface area contributed by atoms with Crippen LogP contribution in [0.3, 0.4) is 0 Å². The fraction of sp³-hybridized carbons (Fsp3) is 0.227. The average Bonchev–Trinajstić information content (AvgIpc) is 3.32. The number of anilines is 1. The molecule has 3 unspecified atom stereocenters. The molecule has 4 rings (SSSR count). The average molecular weight is 453 g/mol. The molecule has 0 saturated carbocycles. The van der Waals surface area contributed by atoms with Crippen LogP contribution in [0.5, 0.6) is 0 Å². The number of carboxylic acids is 1. The van der Waals surface area contributed by atoms with Gasteiger partial charge in [-0.15, -0.1) is 0 Å². The number of carboxylic acid groups (broad SMARTS) is 1. The van der Waals surface area contributed by atoms with E-state index in [1.54, 1.807) is 39.9 Å². The number of aliphatic hydroxyl groups is 1. The van der Waals surface area contributed by atoms with Crippen molar-refractivity contribution in [2.45, 2.75) is 18.9 Å². The molecule has 164 valence electrons. The van der Waals surface area contributed by atoms with Crippen molar-refractivity contribution in [1.29, 1.82) is 0 Å². The van der Waals surface area contributed by atoms with Gasteiger partial charge >= 0.3 is 5.97 Å². The van der Waals surface area contributed by atoms with E-state index in [1.807, 2.05) is 30.3 Å². The van der Waals surface area contributed by atoms with Gasteiger partial charge < -0.3 is 15.5 Å². The van der Waals surface area contributed by atoms with Crippen LogP contribution >= 0.6 is 12.2 Å². The van der Waals surface area contributed by atoms with Crippen LogP contribution < -0.4 is 5.32 Å². The van der Waals surface area contributed by atoms with Crippen LogP contribution in [-0.2, 0) is 9.59 Å². The van der Waals surface area contributed by atoms with Gasteiger partial charge in [0.25, 0.3) is 5.91 Å². The van der Waals surface area contributed by atoms with Gasteiger partial charge in [0.15, 0.2) is 11.0 Å². The van der Waals surface area contributed by atoms with Gasteiger partial charge in [-0.2, -0.15) is 9.67 Å². The zero-order valence-electron chi connectivity index (χ0n) is 17.2. The highest BCUT2D eigenvalue weighted by Gasteiger charge is 2.42. The molecule has 0 radical (unpaired) electrons. The molecule has 0 spiro atoms. The molecule has 2 aromatic carbocycles. The maximum absolute atomic E-state index is 12.8. The molecule has 1 aliphatic heterocycles. The molecule has 3 aromatic rings. The summed E-state index contributed by atoms with van der Waals surface area (Å²) in [6.45, 7) is 1.46. The Kier molecular flexibility index (Phi) is 5.97. The van der Waals surface area contributed by atoms with Crippen molar-refractivity contribution in [1.82, 2.24) is 14.8 Å². The van der Waals surface area contributed by atoms with E-state index >= 15 is 0 Å². The van der Waals surface area contributed by atoms with Crippen LogP contribution in [0.2, 0.25) is 0 Å². The van der Waals surface area contributed by atoms with Gasteiger partial charge in [0.05, 0.1) is 23.6 Å². The Hall–Kier alpha value is -3.63. The van der Waals surface area contributed by atoms with Crippen LogP contribution in [0.15, 0.2) is 54.9 Å². The number of fused-ring (bicyclic) bond motifs is 1. The summed E-state index contributed by atoms with van der Waals surface area (Å²) in [5.74, 6) is -2.91. The van der Waals surface area contributed by atoms with Gasteiger partial charge in [-0.3, -0.25) is 19.3 Å². The predicted molar refractivity (Wildman–Crippen MR) is 120 cm³/mol. The lowest BCUT2D eigenvalue weighted by Crippen LogP contribution is -2.32. The Morgan fingerprint density at radius 1 is 1.28 bits per heavy atom. The number of H-pyrrole nitrogens is 1. The molecule has 10 heteroatoms. The summed E-state index contributed by atoms with van der Waals surface area (Å²) >= 11 is 5.19. The Morgan fingerprint density at radius 2 is 2.06 bits per heavy atom. The third-order valence-electron chi connectivity index (χ3n) is 5.41. The van der Waals surface area contributed by atoms with Crippen molar-refractivity contribution in [3.63, 3.8) is 0 Å². The maximum Gasteiger partial charge on any atom is 0.310 e. The number of hydrogen-bond acceptors (Lipinski definition) is 5. The van der Waals surface area contributed by atoms with Gasteiger partial charge in [-0.25, -0.2) is 0 Å². The SMILES string of the molecule is CC(O)C(C(=O)O)C1C=[N+](CC(=O)Nc2cccc(-n3cn[nH]c3=S)c2)c2ccccc21. The van der Waals surface area contributed by atoms with Crippen LogP contribution in [-0.4, -0.2) is 60.3 Å². The van der Waals surface area contributed by atoms with Gasteiger partial charge in [0.1, 0.15) is 6.33 Å². The first-order chi connectivity index (χ1) is 15.3. The first kappa shape index (κ1) is 21.6. The highest BCUT2D eigenvalue weighted by atomic mass is 32.1. The molecular weight excluding hydrogens is 430 g/mol. The molecule has 0 aliphatic carbocycles. The Bertz CT molecular complexity index is 1260. The molecular formula is C22H22N5O4S+. The van der Waals surface area contributed by atoms with E-state index in [-0.39, 0.29) is 12.5 Å². The van der Waals surface area contributed by atoms with E-state index in [1.165, 1.54) is 6.92 Å². The van der Waals surface area contributed by atoms with E-state index < -0.39 is 23.9 Å². The summed E-state index contributed by atoms with van der Waals surface area (Å²) in [6, 6.07) is 14.5. The fourth-order valence-corrected chi connectivity index (χ4v) is 4.20. The van der Waals surface area contributed by atoms with Crippen LogP contribution in [0.1, 0.15) is 18.4 Å². The van der Waals surface area contributed by atoms with Gasteiger partial charge in [-0.1, -0.05) is 24.3 Å². The zero-order chi connectivity index (χ0) is 22.8. The van der Waals surface area contributed by atoms with Crippen LogP contribution in [0, 0.1) is 10.7 Å². The monoisotopic (exact) mass is 452 g/mol. The molecule has 9 nitrogen and oxygen atoms in total. The minimum Gasteiger partial charge on any atom is -0.481 e. The Balaban J connectivity index is 1.56. The van der Waals surface area contributed by atoms with Crippen molar-refractivity contribution in [2.24, 2.45) is 5.92 Å². The molecule has 32 heavy (non-hydrogen) atoms. The number of hydrogen-bond donors (Lipinski definition) is 4. The lowest BCUT2D eigenvalue weighted by molar-refractivity contribution is -0.420. The minimum absolute atomic E-state index is 0.00493. The first-order valence-corrected chi connectivity index (χ1v) is 10.4. The highest BCUT2D eigenvalue weighted by molar-refractivity contribution is 7.71. The molecule has 1 aliphatic rings. The molecule has 0 bridgehead atoms. The van der Waals surface area contributed by atoms with Crippen molar-refractivity contribution in [3.8, 4) is 5.69 Å². The number of rotatable bonds is 7. The summed E-state index contributed by atoms with van der Waals surface area (Å²) in [5, 5.41) is 29.1. The minimum atomic E-state index is -1.09. The summed E-state index contributed by atoms with van der Waals surface area (Å²) in [4.78, 5) is 24.6. The van der Waals surface area contributed by atoms with Gasteiger partial charge in [-0.05, 0) is 37.3 Å². The number of carbonyl (C=O) groups excluding carboxylic acids is 1. The second kappa shape index (κ2) is 8.85. The number of amides is 1. The second-order valence-electron chi connectivity index (χ2n) is 7.60. The number of para-hydroxylation sites is 1. The molecule has 0 saturated heterocycles. The van der Waals surface area contributed by atoms with Crippen molar-refractivity contribution in [3.05, 3.63) is 65.2 Å². The number of nitrogens with zero attached hydrogens (tertiary/aromatic N) is 3. The third kappa shape index (κ3) is 4.23. The number of benzene rings is 2. The lowest BCUT2D eigenvalue weighted by atomic mass is 9.84. The number of nitrogens with one attached hydrogen (secondary N) is 2.